The van der Waals surface area contributed by atoms with E-state index in [2.05, 4.69) is 10.2 Å². The van der Waals surface area contributed by atoms with Crippen LogP contribution in [0.2, 0.25) is 0 Å². The largest absolute Gasteiger partial charge is 0.494 e. The van der Waals surface area contributed by atoms with Crippen molar-refractivity contribution in [1.82, 2.24) is 19.7 Å². The SMILES string of the molecule is COc1ccc(C(=O)N2CCC(Cc3n[nH]c(=O)n3-c3ccccc3F)CC2)cc1F. The number of aromatic amines is 1. The molecule has 1 N–H and O–H groups in total. The third-order valence-corrected chi connectivity index (χ3v) is 5.61. The third kappa shape index (κ3) is 4.21. The van der Waals surface area contributed by atoms with Crippen LogP contribution < -0.4 is 10.4 Å². The van der Waals surface area contributed by atoms with Gasteiger partial charge in [-0.2, -0.15) is 5.10 Å². The summed E-state index contributed by atoms with van der Waals surface area (Å²) in [6.07, 6.45) is 1.87. The Morgan fingerprint density at radius 3 is 2.58 bits per heavy atom. The second-order valence-electron chi connectivity index (χ2n) is 7.52. The molecule has 7 nitrogen and oxygen atoms in total. The molecule has 0 bridgehead atoms. The molecule has 3 aromatic rings. The molecule has 1 fully saturated rings. The number of piperidine rings is 1. The molecule has 1 aliphatic heterocycles. The van der Waals surface area contributed by atoms with Crippen molar-refractivity contribution in [2.75, 3.05) is 20.2 Å². The minimum atomic E-state index is -0.576. The van der Waals surface area contributed by atoms with E-state index in [-0.39, 0.29) is 28.8 Å². The van der Waals surface area contributed by atoms with Gasteiger partial charge in [-0.15, -0.1) is 0 Å². The number of hydrogen-bond donors (Lipinski definition) is 1. The van der Waals surface area contributed by atoms with Gasteiger partial charge in [0.15, 0.2) is 11.6 Å². The summed E-state index contributed by atoms with van der Waals surface area (Å²) in [6.45, 7) is 1.01. The topological polar surface area (TPSA) is 80.2 Å². The number of carbonyl (C=O) groups excluding carboxylic acids is 1. The van der Waals surface area contributed by atoms with Gasteiger partial charge in [0.2, 0.25) is 0 Å². The number of rotatable bonds is 5. The second-order valence-corrected chi connectivity index (χ2v) is 7.52. The number of para-hydroxylation sites is 1. The van der Waals surface area contributed by atoms with Crippen LogP contribution in [0.4, 0.5) is 8.78 Å². The molecule has 1 aliphatic rings. The summed E-state index contributed by atoms with van der Waals surface area (Å²) in [6, 6.07) is 10.2. The summed E-state index contributed by atoms with van der Waals surface area (Å²) >= 11 is 0. The van der Waals surface area contributed by atoms with Crippen molar-refractivity contribution in [1.29, 1.82) is 0 Å². The molecular weight excluding hydrogens is 406 g/mol. The second kappa shape index (κ2) is 8.71. The lowest BCUT2D eigenvalue weighted by Gasteiger charge is -2.32. The van der Waals surface area contributed by atoms with Gasteiger partial charge in [-0.3, -0.25) is 4.79 Å². The molecule has 4 rings (SSSR count). The van der Waals surface area contributed by atoms with Crippen LogP contribution in [-0.4, -0.2) is 45.8 Å². The Morgan fingerprint density at radius 1 is 1.16 bits per heavy atom. The van der Waals surface area contributed by atoms with Gasteiger partial charge >= 0.3 is 5.69 Å². The lowest BCUT2D eigenvalue weighted by Crippen LogP contribution is -2.39. The Kier molecular flexibility index (Phi) is 5.83. The first-order chi connectivity index (χ1) is 15.0. The van der Waals surface area contributed by atoms with Crippen LogP contribution in [0.3, 0.4) is 0 Å². The zero-order chi connectivity index (χ0) is 22.0. The number of nitrogens with zero attached hydrogens (tertiary/aromatic N) is 3. The number of benzene rings is 2. The third-order valence-electron chi connectivity index (χ3n) is 5.61. The highest BCUT2D eigenvalue weighted by atomic mass is 19.1. The number of ether oxygens (including phenoxy) is 1. The maximum Gasteiger partial charge on any atom is 0.348 e. The quantitative estimate of drug-likeness (QED) is 0.678. The molecule has 9 heteroatoms. The summed E-state index contributed by atoms with van der Waals surface area (Å²) < 4.78 is 34.3. The lowest BCUT2D eigenvalue weighted by atomic mass is 9.92. The summed E-state index contributed by atoms with van der Waals surface area (Å²) in [7, 11) is 1.37. The van der Waals surface area contributed by atoms with Crippen molar-refractivity contribution in [3.63, 3.8) is 0 Å². The van der Waals surface area contributed by atoms with Crippen molar-refractivity contribution < 1.29 is 18.3 Å². The van der Waals surface area contributed by atoms with Gasteiger partial charge in [-0.25, -0.2) is 23.2 Å². The van der Waals surface area contributed by atoms with E-state index in [1.807, 2.05) is 0 Å². The highest BCUT2D eigenvalue weighted by Crippen LogP contribution is 2.24. The average Bonchev–Trinajstić information content (AvgIpc) is 3.14. The van der Waals surface area contributed by atoms with Gasteiger partial charge in [-0.1, -0.05) is 12.1 Å². The highest BCUT2D eigenvalue weighted by molar-refractivity contribution is 5.94. The molecule has 0 unspecified atom stereocenters. The molecule has 0 atom stereocenters. The van der Waals surface area contributed by atoms with Gasteiger partial charge in [0.1, 0.15) is 11.6 Å². The number of aromatic nitrogens is 3. The van der Waals surface area contributed by atoms with E-state index in [1.165, 1.54) is 35.9 Å². The Balaban J connectivity index is 1.43. The summed E-state index contributed by atoms with van der Waals surface area (Å²) in [5.74, 6) is -0.583. The Labute approximate surface area is 177 Å². The van der Waals surface area contributed by atoms with Gasteiger partial charge in [0.05, 0.1) is 12.8 Å². The molecule has 1 amide bonds. The molecule has 0 spiro atoms. The first-order valence-corrected chi connectivity index (χ1v) is 10.0. The first kappa shape index (κ1) is 20.8. The van der Waals surface area contributed by atoms with Crippen LogP contribution in [0.25, 0.3) is 5.69 Å². The van der Waals surface area contributed by atoms with Crippen LogP contribution in [0.15, 0.2) is 47.3 Å². The van der Waals surface area contributed by atoms with Gasteiger partial charge < -0.3 is 9.64 Å². The van der Waals surface area contributed by atoms with Crippen molar-refractivity contribution >= 4 is 5.91 Å². The number of amides is 1. The number of likely N-dealkylation sites (tertiary alicyclic amines) is 1. The van der Waals surface area contributed by atoms with E-state index >= 15 is 0 Å². The first-order valence-electron chi connectivity index (χ1n) is 10.0. The lowest BCUT2D eigenvalue weighted by molar-refractivity contribution is 0.0689. The van der Waals surface area contributed by atoms with Crippen LogP contribution >= 0.6 is 0 Å². The van der Waals surface area contributed by atoms with Crippen LogP contribution in [0, 0.1) is 17.6 Å². The number of nitrogens with one attached hydrogen (secondary N) is 1. The summed E-state index contributed by atoms with van der Waals surface area (Å²) in [4.78, 5) is 26.6. The van der Waals surface area contributed by atoms with E-state index in [4.69, 9.17) is 4.74 Å². The van der Waals surface area contributed by atoms with Crippen LogP contribution in [0.1, 0.15) is 29.0 Å². The standard InChI is InChI=1S/C22H22F2N4O3/c1-31-19-7-6-15(13-17(19)24)21(29)27-10-8-14(9-11-27)12-20-25-26-22(30)28(20)18-5-3-2-4-16(18)23/h2-7,13-14H,8-12H2,1H3,(H,26,30). The number of carbonyl (C=O) groups is 1. The predicted molar refractivity (Wildman–Crippen MR) is 109 cm³/mol. The van der Waals surface area contributed by atoms with E-state index in [0.717, 1.165) is 0 Å². The molecule has 0 saturated carbocycles. The minimum Gasteiger partial charge on any atom is -0.494 e. The Hall–Kier alpha value is -3.49. The molecule has 162 valence electrons. The van der Waals surface area contributed by atoms with E-state index in [9.17, 15) is 18.4 Å². The summed E-state index contributed by atoms with van der Waals surface area (Å²) in [5.41, 5.74) is -0.0583. The van der Waals surface area contributed by atoms with Gasteiger partial charge in [0, 0.05) is 25.1 Å². The van der Waals surface area contributed by atoms with Crippen molar-refractivity contribution in [2.45, 2.75) is 19.3 Å². The molecule has 2 heterocycles. The smallest absolute Gasteiger partial charge is 0.348 e. The molecule has 2 aromatic carbocycles. The zero-order valence-corrected chi connectivity index (χ0v) is 17.0. The van der Waals surface area contributed by atoms with Crippen molar-refractivity contribution in [3.8, 4) is 11.4 Å². The van der Waals surface area contributed by atoms with Crippen molar-refractivity contribution in [3.05, 3.63) is 76.0 Å². The molecule has 0 radical (unpaired) electrons. The number of halogens is 2. The van der Waals surface area contributed by atoms with Crippen molar-refractivity contribution in [2.24, 2.45) is 5.92 Å². The molecule has 1 saturated heterocycles. The van der Waals surface area contributed by atoms with E-state index in [1.54, 1.807) is 23.1 Å². The van der Waals surface area contributed by atoms with Gasteiger partial charge in [-0.05, 0) is 49.1 Å². The Morgan fingerprint density at radius 2 is 1.90 bits per heavy atom. The summed E-state index contributed by atoms with van der Waals surface area (Å²) in [5, 5.41) is 6.48. The fourth-order valence-electron chi connectivity index (χ4n) is 3.93. The number of hydrogen-bond acceptors (Lipinski definition) is 4. The highest BCUT2D eigenvalue weighted by Gasteiger charge is 2.26. The molecule has 1 aromatic heterocycles. The minimum absolute atomic E-state index is 0.0927. The van der Waals surface area contributed by atoms with Crippen LogP contribution in [-0.2, 0) is 6.42 Å². The molecule has 31 heavy (non-hydrogen) atoms. The average molecular weight is 428 g/mol. The van der Waals surface area contributed by atoms with E-state index < -0.39 is 17.3 Å². The maximum atomic E-state index is 14.2. The fraction of sp³-hybridized carbons (Fsp3) is 0.318. The fourth-order valence-corrected chi connectivity index (χ4v) is 3.93. The number of H-pyrrole nitrogens is 1. The van der Waals surface area contributed by atoms with Gasteiger partial charge in [0.25, 0.3) is 5.91 Å². The maximum absolute atomic E-state index is 14.2. The normalized spacial score (nSPS) is 14.6. The number of methoxy groups -OCH3 is 1. The zero-order valence-electron chi connectivity index (χ0n) is 17.0. The van der Waals surface area contributed by atoms with Crippen LogP contribution in [0.5, 0.6) is 5.75 Å². The van der Waals surface area contributed by atoms with E-state index in [0.29, 0.717) is 38.2 Å². The predicted octanol–water partition coefficient (Wildman–Crippen LogP) is 2.94. The molecule has 0 aliphatic carbocycles. The Bertz CT molecular complexity index is 1150. The molecular formula is C22H22F2N4O3. The monoisotopic (exact) mass is 428 g/mol.